The Morgan fingerprint density at radius 2 is 1.87 bits per heavy atom. The Bertz CT molecular complexity index is 1300. The first-order valence-corrected chi connectivity index (χ1v) is 12.6. The van der Waals surface area contributed by atoms with Gasteiger partial charge in [-0.1, -0.05) is 18.2 Å². The number of aldehydes is 1. The molecule has 1 atom stereocenters. The van der Waals surface area contributed by atoms with Crippen LogP contribution in [-0.2, 0) is 9.59 Å². The summed E-state index contributed by atoms with van der Waals surface area (Å²) in [7, 11) is 1.62. The predicted octanol–water partition coefficient (Wildman–Crippen LogP) is 3.20. The van der Waals surface area contributed by atoms with Crippen LogP contribution in [0.1, 0.15) is 30.1 Å². The molecule has 1 aliphatic heterocycles. The van der Waals surface area contributed by atoms with Gasteiger partial charge in [0, 0.05) is 29.7 Å². The van der Waals surface area contributed by atoms with E-state index in [0.29, 0.717) is 31.5 Å². The zero-order chi connectivity index (χ0) is 28.2. The highest BCUT2D eigenvalue weighted by molar-refractivity contribution is 5.98. The van der Waals surface area contributed by atoms with E-state index in [1.54, 1.807) is 41.2 Å². The number of H-pyrrole nitrogens is 1. The molecule has 2 heterocycles. The lowest BCUT2D eigenvalue weighted by Gasteiger charge is -2.48. The molecule has 39 heavy (non-hydrogen) atoms. The summed E-state index contributed by atoms with van der Waals surface area (Å²) in [5.74, 6) is -0.908. The molecular formula is C27H31F3N6O3. The van der Waals surface area contributed by atoms with Crippen LogP contribution in [0.25, 0.3) is 10.9 Å². The second-order valence-corrected chi connectivity index (χ2v) is 9.86. The van der Waals surface area contributed by atoms with Crippen molar-refractivity contribution < 1.29 is 27.6 Å². The summed E-state index contributed by atoms with van der Waals surface area (Å²) in [4.78, 5) is 43.5. The standard InChI is InChI=1S/C27H31F3N6O3/c1-19(24(38)31-16-27(28,29)30)34(2)18-36(22-6-4-3-5-7-22)26(17-37)10-12-35(13-11-26)25(39)20-8-9-23-21(14-20)15-32-33-23/h3-9,14-15,17,19H,10-13,16,18H2,1-2H3,(H,31,38)(H,32,33)/t19-/m0/s1. The molecule has 1 saturated heterocycles. The molecule has 12 heteroatoms. The number of aromatic amines is 1. The van der Waals surface area contributed by atoms with Gasteiger partial charge in [0.15, 0.2) is 0 Å². The van der Waals surface area contributed by atoms with Gasteiger partial charge < -0.3 is 19.9 Å². The van der Waals surface area contributed by atoms with Crippen LogP contribution in [0.5, 0.6) is 0 Å². The summed E-state index contributed by atoms with van der Waals surface area (Å²) in [6.07, 6.45) is -1.30. The van der Waals surface area contributed by atoms with Crippen LogP contribution in [0.4, 0.5) is 18.9 Å². The Kier molecular flexibility index (Phi) is 8.24. The molecule has 1 aromatic heterocycles. The average molecular weight is 545 g/mol. The fraction of sp³-hybridized carbons (Fsp3) is 0.407. The predicted molar refractivity (Wildman–Crippen MR) is 140 cm³/mol. The van der Waals surface area contributed by atoms with Crippen LogP contribution < -0.4 is 10.2 Å². The van der Waals surface area contributed by atoms with Crippen LogP contribution in [0.2, 0.25) is 0 Å². The fourth-order valence-corrected chi connectivity index (χ4v) is 4.78. The number of amides is 2. The largest absolute Gasteiger partial charge is 0.405 e. The second kappa shape index (κ2) is 11.4. The molecule has 2 aromatic carbocycles. The summed E-state index contributed by atoms with van der Waals surface area (Å²) in [5.41, 5.74) is 1.10. The topological polar surface area (TPSA) is 102 Å². The van der Waals surface area contributed by atoms with E-state index in [4.69, 9.17) is 0 Å². The van der Waals surface area contributed by atoms with E-state index in [-0.39, 0.29) is 12.6 Å². The zero-order valence-corrected chi connectivity index (χ0v) is 21.7. The number of rotatable bonds is 9. The second-order valence-electron chi connectivity index (χ2n) is 9.86. The number of likely N-dealkylation sites (N-methyl/N-ethyl adjacent to an activating group) is 1. The third-order valence-electron chi connectivity index (χ3n) is 7.30. The van der Waals surface area contributed by atoms with Gasteiger partial charge in [-0.3, -0.25) is 19.6 Å². The molecule has 1 aliphatic rings. The van der Waals surface area contributed by atoms with E-state index < -0.39 is 30.2 Å². The van der Waals surface area contributed by atoms with Gasteiger partial charge >= 0.3 is 6.18 Å². The number of carbonyl (C=O) groups is 3. The molecule has 0 spiro atoms. The molecule has 208 valence electrons. The summed E-state index contributed by atoms with van der Waals surface area (Å²) in [6.45, 7) is 0.864. The molecule has 4 rings (SSSR count). The molecule has 2 N–H and O–H groups in total. The fourth-order valence-electron chi connectivity index (χ4n) is 4.78. The van der Waals surface area contributed by atoms with Crippen molar-refractivity contribution in [2.45, 2.75) is 37.5 Å². The number of halogens is 3. The Balaban J connectivity index is 1.50. The highest BCUT2D eigenvalue weighted by Crippen LogP contribution is 2.33. The normalized spacial score (nSPS) is 16.2. The van der Waals surface area contributed by atoms with Crippen molar-refractivity contribution in [2.24, 2.45) is 0 Å². The van der Waals surface area contributed by atoms with E-state index >= 15 is 0 Å². The number of nitrogens with one attached hydrogen (secondary N) is 2. The number of benzene rings is 2. The summed E-state index contributed by atoms with van der Waals surface area (Å²) < 4.78 is 37.8. The molecule has 1 fully saturated rings. The first-order chi connectivity index (χ1) is 18.5. The lowest BCUT2D eigenvalue weighted by Crippen LogP contribution is -2.61. The Hall–Kier alpha value is -3.93. The lowest BCUT2D eigenvalue weighted by molar-refractivity contribution is -0.141. The molecule has 0 aliphatic carbocycles. The van der Waals surface area contributed by atoms with Crippen molar-refractivity contribution in [3.63, 3.8) is 0 Å². The molecule has 0 unspecified atom stereocenters. The molecule has 9 nitrogen and oxygen atoms in total. The van der Waals surface area contributed by atoms with Gasteiger partial charge in [-0.25, -0.2) is 0 Å². The monoisotopic (exact) mass is 544 g/mol. The van der Waals surface area contributed by atoms with Crippen molar-refractivity contribution in [2.75, 3.05) is 38.3 Å². The van der Waals surface area contributed by atoms with Gasteiger partial charge in [-0.15, -0.1) is 0 Å². The SMILES string of the molecule is C[C@@H](C(=O)NCC(F)(F)F)N(C)CN(c1ccccc1)C1(C=O)CCN(C(=O)c2ccc3[nH]ncc3c2)CC1. The average Bonchev–Trinajstić information content (AvgIpc) is 3.42. The minimum absolute atomic E-state index is 0.106. The van der Waals surface area contributed by atoms with Gasteiger partial charge in [-0.05, 0) is 57.1 Å². The third-order valence-corrected chi connectivity index (χ3v) is 7.30. The van der Waals surface area contributed by atoms with Crippen molar-refractivity contribution in [1.29, 1.82) is 0 Å². The lowest BCUT2D eigenvalue weighted by atomic mass is 9.86. The van der Waals surface area contributed by atoms with Gasteiger partial charge in [0.05, 0.1) is 24.4 Å². The number of aromatic nitrogens is 2. The summed E-state index contributed by atoms with van der Waals surface area (Å²) in [6, 6.07) is 13.6. The first kappa shape index (κ1) is 28.1. The van der Waals surface area contributed by atoms with E-state index in [1.807, 2.05) is 40.5 Å². The number of hydrogen-bond donors (Lipinski definition) is 2. The Labute approximate surface area is 223 Å². The first-order valence-electron chi connectivity index (χ1n) is 12.6. The van der Waals surface area contributed by atoms with Gasteiger partial charge in [0.25, 0.3) is 5.91 Å². The maximum Gasteiger partial charge on any atom is 0.405 e. The number of para-hydroxylation sites is 1. The quantitative estimate of drug-likeness (QED) is 0.317. The van der Waals surface area contributed by atoms with Crippen molar-refractivity contribution in [3.8, 4) is 0 Å². The number of fused-ring (bicyclic) bond motifs is 1. The Morgan fingerprint density at radius 3 is 2.51 bits per heavy atom. The highest BCUT2D eigenvalue weighted by Gasteiger charge is 2.42. The van der Waals surface area contributed by atoms with Crippen LogP contribution in [0.15, 0.2) is 54.7 Å². The van der Waals surface area contributed by atoms with Crippen LogP contribution in [-0.4, -0.2) is 89.2 Å². The smallest absolute Gasteiger partial charge is 0.346 e. The van der Waals surface area contributed by atoms with Crippen molar-refractivity contribution in [3.05, 3.63) is 60.3 Å². The molecule has 0 radical (unpaired) electrons. The number of alkyl halides is 3. The number of anilines is 1. The number of likely N-dealkylation sites (tertiary alicyclic amines) is 1. The van der Waals surface area contributed by atoms with Crippen molar-refractivity contribution >= 4 is 34.7 Å². The third kappa shape index (κ3) is 6.39. The summed E-state index contributed by atoms with van der Waals surface area (Å²) >= 11 is 0. The van der Waals surface area contributed by atoms with Crippen LogP contribution >= 0.6 is 0 Å². The Morgan fingerprint density at radius 1 is 1.18 bits per heavy atom. The molecule has 3 aromatic rings. The van der Waals surface area contributed by atoms with E-state index in [1.165, 1.54) is 6.92 Å². The number of piperidine rings is 1. The molecular weight excluding hydrogens is 513 g/mol. The van der Waals surface area contributed by atoms with Gasteiger partial charge in [0.1, 0.15) is 18.4 Å². The van der Waals surface area contributed by atoms with Gasteiger partial charge in [-0.2, -0.15) is 18.3 Å². The van der Waals surface area contributed by atoms with E-state index in [9.17, 15) is 27.6 Å². The van der Waals surface area contributed by atoms with Crippen molar-refractivity contribution in [1.82, 2.24) is 25.3 Å². The van der Waals surface area contributed by atoms with E-state index in [0.717, 1.165) is 22.9 Å². The van der Waals surface area contributed by atoms with Crippen LogP contribution in [0, 0.1) is 0 Å². The minimum Gasteiger partial charge on any atom is -0.346 e. The molecule has 0 saturated carbocycles. The van der Waals surface area contributed by atoms with E-state index in [2.05, 4.69) is 10.2 Å². The number of carbonyl (C=O) groups excluding carboxylic acids is 3. The number of nitrogens with zero attached hydrogens (tertiary/aromatic N) is 4. The number of hydrogen-bond acceptors (Lipinski definition) is 6. The van der Waals surface area contributed by atoms with Gasteiger partial charge in [0.2, 0.25) is 5.91 Å². The molecule has 0 bridgehead atoms. The maximum atomic E-state index is 13.2. The summed E-state index contributed by atoms with van der Waals surface area (Å²) in [5, 5.41) is 9.59. The minimum atomic E-state index is -4.51. The molecule has 2 amide bonds. The van der Waals surface area contributed by atoms with Crippen LogP contribution in [0.3, 0.4) is 0 Å². The zero-order valence-electron chi connectivity index (χ0n) is 21.7. The highest BCUT2D eigenvalue weighted by atomic mass is 19.4. The maximum absolute atomic E-state index is 13.2.